The van der Waals surface area contributed by atoms with Crippen LogP contribution in [-0.2, 0) is 14.3 Å². The Labute approximate surface area is 122 Å². The molecular formula is C13H21N3O5. The molecule has 3 atom stereocenters. The first-order valence-electron chi connectivity index (χ1n) is 7.05. The number of methoxy groups -OCH3 is 1. The van der Waals surface area contributed by atoms with E-state index in [1.165, 1.54) is 12.0 Å². The summed E-state index contributed by atoms with van der Waals surface area (Å²) in [7, 11) is 1.48. The highest BCUT2D eigenvalue weighted by molar-refractivity contribution is 5.89. The quantitative estimate of drug-likeness (QED) is 0.636. The van der Waals surface area contributed by atoms with Gasteiger partial charge in [0.1, 0.15) is 12.1 Å². The predicted molar refractivity (Wildman–Crippen MR) is 72.7 cm³/mol. The number of nitrogens with zero attached hydrogens (tertiary/aromatic N) is 1. The number of nitrogens with one attached hydrogen (secondary N) is 2. The topological polar surface area (TPSA) is 108 Å². The summed E-state index contributed by atoms with van der Waals surface area (Å²) in [5, 5.41) is 14.5. The second kappa shape index (κ2) is 6.30. The number of amides is 3. The molecule has 0 aromatic rings. The van der Waals surface area contributed by atoms with Crippen LogP contribution in [0.5, 0.6) is 0 Å². The van der Waals surface area contributed by atoms with Crippen molar-refractivity contribution in [2.75, 3.05) is 13.7 Å². The van der Waals surface area contributed by atoms with E-state index in [1.807, 2.05) is 0 Å². The fraction of sp³-hybridized carbons (Fsp3) is 0.769. The Morgan fingerprint density at radius 3 is 2.52 bits per heavy atom. The molecule has 0 radical (unpaired) electrons. The molecule has 2 rings (SSSR count). The Balaban J connectivity index is 1.91. The van der Waals surface area contributed by atoms with E-state index in [4.69, 9.17) is 9.84 Å². The van der Waals surface area contributed by atoms with Gasteiger partial charge in [-0.25, -0.2) is 9.59 Å². The van der Waals surface area contributed by atoms with Crippen molar-refractivity contribution < 1.29 is 24.2 Å². The van der Waals surface area contributed by atoms with Gasteiger partial charge in [0.05, 0.1) is 6.10 Å². The number of hydrogen-bond donors (Lipinski definition) is 3. The average molecular weight is 299 g/mol. The molecule has 3 unspecified atom stereocenters. The fourth-order valence-corrected chi connectivity index (χ4v) is 2.31. The van der Waals surface area contributed by atoms with Gasteiger partial charge in [-0.05, 0) is 19.8 Å². The maximum Gasteiger partial charge on any atom is 0.326 e. The normalized spacial score (nSPS) is 26.3. The lowest BCUT2D eigenvalue weighted by Gasteiger charge is -2.24. The zero-order valence-electron chi connectivity index (χ0n) is 12.2. The van der Waals surface area contributed by atoms with Crippen LogP contribution in [0.4, 0.5) is 4.79 Å². The van der Waals surface area contributed by atoms with E-state index in [0.29, 0.717) is 0 Å². The van der Waals surface area contributed by atoms with Gasteiger partial charge >= 0.3 is 12.0 Å². The molecule has 0 spiro atoms. The van der Waals surface area contributed by atoms with Crippen molar-refractivity contribution in [1.29, 1.82) is 0 Å². The molecule has 0 bridgehead atoms. The minimum atomic E-state index is -1.07. The molecule has 1 aliphatic heterocycles. The van der Waals surface area contributed by atoms with Crippen molar-refractivity contribution in [3.05, 3.63) is 0 Å². The van der Waals surface area contributed by atoms with Crippen LogP contribution >= 0.6 is 0 Å². The number of carboxylic acid groups (broad SMARTS) is 1. The Morgan fingerprint density at radius 1 is 1.33 bits per heavy atom. The lowest BCUT2D eigenvalue weighted by atomic mass is 10.2. The first-order chi connectivity index (χ1) is 9.92. The highest BCUT2D eigenvalue weighted by Crippen LogP contribution is 2.21. The molecule has 8 heteroatoms. The third-order valence-corrected chi connectivity index (χ3v) is 3.80. The van der Waals surface area contributed by atoms with Gasteiger partial charge in [0, 0.05) is 26.1 Å². The first kappa shape index (κ1) is 15.6. The van der Waals surface area contributed by atoms with Gasteiger partial charge in [0.25, 0.3) is 0 Å². The number of carbonyl (C=O) groups is 3. The van der Waals surface area contributed by atoms with Crippen LogP contribution < -0.4 is 10.6 Å². The van der Waals surface area contributed by atoms with E-state index >= 15 is 0 Å². The fourth-order valence-electron chi connectivity index (χ4n) is 2.31. The van der Waals surface area contributed by atoms with Crippen LogP contribution in [0.2, 0.25) is 0 Å². The molecular weight excluding hydrogens is 278 g/mol. The lowest BCUT2D eigenvalue weighted by Crippen LogP contribution is -2.52. The van der Waals surface area contributed by atoms with E-state index in [-0.39, 0.29) is 31.0 Å². The molecule has 0 aromatic heterocycles. The van der Waals surface area contributed by atoms with Crippen LogP contribution in [-0.4, -0.2) is 65.8 Å². The highest BCUT2D eigenvalue weighted by Gasteiger charge is 2.40. The highest BCUT2D eigenvalue weighted by atomic mass is 16.5. The standard InChI is InChI=1S/C13H21N3O5/c1-7(11(17)15-8-3-4-8)14-13(20)16-6-9(21-2)5-10(16)12(18)19/h7-10H,3-6H2,1-2H3,(H,14,20)(H,15,17)(H,18,19). The van der Waals surface area contributed by atoms with Gasteiger partial charge in [0.2, 0.25) is 5.91 Å². The number of likely N-dealkylation sites (tertiary alicyclic amines) is 1. The summed E-state index contributed by atoms with van der Waals surface area (Å²) in [4.78, 5) is 36.3. The maximum absolute atomic E-state index is 12.2. The summed E-state index contributed by atoms with van der Waals surface area (Å²) in [5.74, 6) is -1.32. The zero-order chi connectivity index (χ0) is 15.6. The summed E-state index contributed by atoms with van der Waals surface area (Å²) in [6.45, 7) is 1.78. The van der Waals surface area contributed by atoms with Gasteiger partial charge in [-0.3, -0.25) is 4.79 Å². The molecule has 2 fully saturated rings. The van der Waals surface area contributed by atoms with Crippen LogP contribution in [0.15, 0.2) is 0 Å². The lowest BCUT2D eigenvalue weighted by molar-refractivity contribution is -0.141. The average Bonchev–Trinajstić information content (AvgIpc) is 3.13. The number of hydrogen-bond acceptors (Lipinski definition) is 4. The predicted octanol–water partition coefficient (Wildman–Crippen LogP) is -0.463. The van der Waals surface area contributed by atoms with Crippen molar-refractivity contribution in [3.8, 4) is 0 Å². The van der Waals surface area contributed by atoms with E-state index in [0.717, 1.165) is 12.8 Å². The third-order valence-electron chi connectivity index (χ3n) is 3.80. The minimum Gasteiger partial charge on any atom is -0.480 e. The zero-order valence-corrected chi connectivity index (χ0v) is 12.2. The molecule has 1 saturated heterocycles. The van der Waals surface area contributed by atoms with Gasteiger partial charge in [-0.15, -0.1) is 0 Å². The molecule has 1 heterocycles. The largest absolute Gasteiger partial charge is 0.480 e. The smallest absolute Gasteiger partial charge is 0.326 e. The van der Waals surface area contributed by atoms with E-state index < -0.39 is 24.1 Å². The van der Waals surface area contributed by atoms with Crippen molar-refractivity contribution in [1.82, 2.24) is 15.5 Å². The van der Waals surface area contributed by atoms with Crippen LogP contribution in [0, 0.1) is 0 Å². The van der Waals surface area contributed by atoms with Gasteiger partial charge in [-0.1, -0.05) is 0 Å². The minimum absolute atomic E-state index is 0.205. The summed E-state index contributed by atoms with van der Waals surface area (Å²) in [6, 6.07) is -1.96. The molecule has 3 N–H and O–H groups in total. The Hall–Kier alpha value is -1.83. The summed E-state index contributed by atoms with van der Waals surface area (Å²) in [5.41, 5.74) is 0. The first-order valence-corrected chi connectivity index (χ1v) is 7.05. The number of aliphatic carboxylic acids is 1. The summed E-state index contributed by atoms with van der Waals surface area (Å²) in [6.07, 6.45) is 1.89. The molecule has 3 amide bonds. The summed E-state index contributed by atoms with van der Waals surface area (Å²) < 4.78 is 5.12. The molecule has 0 aromatic carbocycles. The molecule has 8 nitrogen and oxygen atoms in total. The monoisotopic (exact) mass is 299 g/mol. The van der Waals surface area contributed by atoms with Crippen molar-refractivity contribution in [3.63, 3.8) is 0 Å². The Kier molecular flexibility index (Phi) is 4.66. The van der Waals surface area contributed by atoms with Gasteiger partial charge in [0.15, 0.2) is 0 Å². The molecule has 1 saturated carbocycles. The number of carbonyl (C=O) groups excluding carboxylic acids is 2. The third kappa shape index (κ3) is 3.84. The second-order valence-electron chi connectivity index (χ2n) is 5.55. The molecule has 2 aliphatic rings. The Morgan fingerprint density at radius 2 is 2.00 bits per heavy atom. The van der Waals surface area contributed by atoms with Gasteiger partial charge in [-0.2, -0.15) is 0 Å². The number of rotatable bonds is 5. The molecule has 118 valence electrons. The maximum atomic E-state index is 12.2. The van der Waals surface area contributed by atoms with E-state index in [2.05, 4.69) is 10.6 Å². The van der Waals surface area contributed by atoms with E-state index in [1.54, 1.807) is 6.92 Å². The van der Waals surface area contributed by atoms with Crippen LogP contribution in [0.3, 0.4) is 0 Å². The molecule has 21 heavy (non-hydrogen) atoms. The Bertz CT molecular complexity index is 438. The van der Waals surface area contributed by atoms with Gasteiger partial charge < -0.3 is 25.4 Å². The number of ether oxygens (including phenoxy) is 1. The number of carboxylic acids is 1. The van der Waals surface area contributed by atoms with Crippen molar-refractivity contribution in [2.45, 2.75) is 50.4 Å². The van der Waals surface area contributed by atoms with Crippen molar-refractivity contribution in [2.24, 2.45) is 0 Å². The van der Waals surface area contributed by atoms with E-state index in [9.17, 15) is 14.4 Å². The summed E-state index contributed by atoms with van der Waals surface area (Å²) >= 11 is 0. The van der Waals surface area contributed by atoms with Crippen LogP contribution in [0.25, 0.3) is 0 Å². The second-order valence-corrected chi connectivity index (χ2v) is 5.55. The van der Waals surface area contributed by atoms with Crippen LogP contribution in [0.1, 0.15) is 26.2 Å². The molecule has 1 aliphatic carbocycles. The number of urea groups is 1. The SMILES string of the molecule is COC1CC(C(=O)O)N(C(=O)NC(C)C(=O)NC2CC2)C1. The van der Waals surface area contributed by atoms with Crippen molar-refractivity contribution >= 4 is 17.9 Å².